The molecule has 1 N–H and O–H groups in total. The maximum Gasteiger partial charge on any atom is 0.244 e. The fourth-order valence-electron chi connectivity index (χ4n) is 5.17. The van der Waals surface area contributed by atoms with Gasteiger partial charge in [0.05, 0.1) is 17.9 Å². The van der Waals surface area contributed by atoms with Crippen LogP contribution in [-0.4, -0.2) is 75.5 Å². The van der Waals surface area contributed by atoms with Crippen molar-refractivity contribution < 1.29 is 23.1 Å². The third-order valence-corrected chi connectivity index (χ3v) is 7.20. The molecule has 0 aliphatic carbocycles. The lowest BCUT2D eigenvalue weighted by Gasteiger charge is -2.47. The molecule has 1 aliphatic rings. The zero-order valence-electron chi connectivity index (χ0n) is 23.8. The topological polar surface area (TPSA) is 101 Å². The molecular formula is C30H36F2N6O3. The van der Waals surface area contributed by atoms with Crippen LogP contribution in [-0.2, 0) is 20.9 Å². The summed E-state index contributed by atoms with van der Waals surface area (Å²) in [7, 11) is 1.54. The molecule has 0 saturated carbocycles. The van der Waals surface area contributed by atoms with Crippen LogP contribution in [0.5, 0.6) is 0 Å². The zero-order valence-corrected chi connectivity index (χ0v) is 23.8. The van der Waals surface area contributed by atoms with Gasteiger partial charge in [0.15, 0.2) is 5.82 Å². The summed E-state index contributed by atoms with van der Waals surface area (Å²) in [5.41, 5.74) is 1.81. The van der Waals surface area contributed by atoms with Crippen molar-refractivity contribution in [2.24, 2.45) is 5.92 Å². The largest absolute Gasteiger partial charge is 0.385 e. The molecule has 1 fully saturated rings. The maximum absolute atomic E-state index is 14.9. The van der Waals surface area contributed by atoms with E-state index in [-0.39, 0.29) is 42.6 Å². The summed E-state index contributed by atoms with van der Waals surface area (Å²) in [5, 5.41) is 2.98. The number of halogens is 2. The van der Waals surface area contributed by atoms with Gasteiger partial charge in [-0.3, -0.25) is 19.5 Å². The van der Waals surface area contributed by atoms with Crippen LogP contribution in [0.4, 0.5) is 8.78 Å². The van der Waals surface area contributed by atoms with E-state index in [1.807, 2.05) is 36.1 Å². The third-order valence-electron chi connectivity index (χ3n) is 7.20. The van der Waals surface area contributed by atoms with Crippen LogP contribution in [0, 0.1) is 17.6 Å². The van der Waals surface area contributed by atoms with Crippen LogP contribution in [0.2, 0.25) is 0 Å². The van der Waals surface area contributed by atoms with Crippen molar-refractivity contribution in [1.29, 1.82) is 0 Å². The third kappa shape index (κ3) is 7.28. The fourth-order valence-corrected chi connectivity index (χ4v) is 5.17. The SMILES string of the molecule is COCC[C@H](c1ncc(F)cc1F)N1C[C@@H](C)N(C(=O)C(C)C)[C@@H](C(=O)NCc2ccc(-c3ncccn3)cc2)C1. The Morgan fingerprint density at radius 3 is 2.44 bits per heavy atom. The van der Waals surface area contributed by atoms with Crippen LogP contribution in [0.25, 0.3) is 11.4 Å². The second kappa shape index (κ2) is 13.7. The first-order chi connectivity index (χ1) is 19.7. The Morgan fingerprint density at radius 2 is 1.80 bits per heavy atom. The molecule has 3 atom stereocenters. The van der Waals surface area contributed by atoms with E-state index in [1.165, 1.54) is 0 Å². The molecule has 0 unspecified atom stereocenters. The Balaban J connectivity index is 1.55. The van der Waals surface area contributed by atoms with E-state index in [2.05, 4.69) is 20.3 Å². The Bertz CT molecular complexity index is 1330. The summed E-state index contributed by atoms with van der Waals surface area (Å²) in [4.78, 5) is 43.1. The molecule has 4 rings (SSSR count). The predicted molar refractivity (Wildman–Crippen MR) is 149 cm³/mol. The van der Waals surface area contributed by atoms with Crippen LogP contribution in [0.3, 0.4) is 0 Å². The molecule has 3 heterocycles. The number of ether oxygens (including phenoxy) is 1. The fraction of sp³-hybridized carbons (Fsp3) is 0.433. The highest BCUT2D eigenvalue weighted by atomic mass is 19.1. The first kappa shape index (κ1) is 30.1. The minimum atomic E-state index is -0.820. The van der Waals surface area contributed by atoms with E-state index in [9.17, 15) is 18.4 Å². The van der Waals surface area contributed by atoms with E-state index in [1.54, 1.807) is 44.3 Å². The van der Waals surface area contributed by atoms with Gasteiger partial charge in [-0.05, 0) is 25.0 Å². The molecule has 1 aliphatic heterocycles. The van der Waals surface area contributed by atoms with E-state index in [0.717, 1.165) is 23.4 Å². The second-order valence-corrected chi connectivity index (χ2v) is 10.5. The van der Waals surface area contributed by atoms with Crippen molar-refractivity contribution in [3.05, 3.63) is 77.9 Å². The summed E-state index contributed by atoms with van der Waals surface area (Å²) >= 11 is 0. The Labute approximate surface area is 239 Å². The smallest absolute Gasteiger partial charge is 0.244 e. The summed E-state index contributed by atoms with van der Waals surface area (Å²) in [5.74, 6) is -1.68. The average molecular weight is 567 g/mol. The first-order valence-electron chi connectivity index (χ1n) is 13.7. The molecule has 11 heteroatoms. The molecule has 2 amide bonds. The van der Waals surface area contributed by atoms with Crippen molar-refractivity contribution >= 4 is 11.8 Å². The lowest BCUT2D eigenvalue weighted by Crippen LogP contribution is -2.65. The monoisotopic (exact) mass is 566 g/mol. The maximum atomic E-state index is 14.9. The van der Waals surface area contributed by atoms with Gasteiger partial charge in [0, 0.05) is 69.3 Å². The molecule has 41 heavy (non-hydrogen) atoms. The van der Waals surface area contributed by atoms with Gasteiger partial charge in [-0.25, -0.2) is 18.7 Å². The standard InChI is InChI=1S/C30H36F2N6O3/c1-19(2)30(40)38-20(3)17-37(25(10-13-41-4)27-24(32)14-23(31)16-35-27)18-26(38)29(39)36-15-21-6-8-22(9-7-21)28-33-11-5-12-34-28/h5-9,11-12,14,16,19-20,25-26H,10,13,15,17-18H2,1-4H3,(H,36,39)/t20-,25-,26-/m1/s1. The lowest BCUT2D eigenvalue weighted by molar-refractivity contribution is -0.151. The van der Waals surface area contributed by atoms with Crippen LogP contribution < -0.4 is 5.32 Å². The van der Waals surface area contributed by atoms with Gasteiger partial charge >= 0.3 is 0 Å². The predicted octanol–water partition coefficient (Wildman–Crippen LogP) is 3.77. The Morgan fingerprint density at radius 1 is 1.10 bits per heavy atom. The summed E-state index contributed by atoms with van der Waals surface area (Å²) in [6.45, 7) is 6.58. The molecule has 1 saturated heterocycles. The van der Waals surface area contributed by atoms with Crippen molar-refractivity contribution in [2.45, 2.75) is 51.9 Å². The number of methoxy groups -OCH3 is 1. The number of nitrogens with zero attached hydrogens (tertiary/aromatic N) is 5. The number of carbonyl (C=O) groups excluding carboxylic acids is 2. The first-order valence-corrected chi connectivity index (χ1v) is 13.7. The molecule has 3 aromatic rings. The number of piperazine rings is 1. The van der Waals surface area contributed by atoms with Gasteiger partial charge < -0.3 is 15.0 Å². The minimum Gasteiger partial charge on any atom is -0.385 e. The summed E-state index contributed by atoms with van der Waals surface area (Å²) in [6, 6.07) is 8.39. The van der Waals surface area contributed by atoms with E-state index in [0.29, 0.717) is 25.4 Å². The van der Waals surface area contributed by atoms with Gasteiger partial charge in [0.25, 0.3) is 0 Å². The van der Waals surface area contributed by atoms with Gasteiger partial charge in [0.1, 0.15) is 17.7 Å². The number of hydrogen-bond acceptors (Lipinski definition) is 7. The Kier molecular flexibility index (Phi) is 10.1. The van der Waals surface area contributed by atoms with E-state index < -0.39 is 23.7 Å². The van der Waals surface area contributed by atoms with Crippen molar-refractivity contribution in [3.8, 4) is 11.4 Å². The molecule has 9 nitrogen and oxygen atoms in total. The average Bonchev–Trinajstić information content (AvgIpc) is 2.97. The minimum absolute atomic E-state index is 0.0842. The van der Waals surface area contributed by atoms with Crippen LogP contribution >= 0.6 is 0 Å². The van der Waals surface area contributed by atoms with E-state index >= 15 is 0 Å². The molecule has 0 spiro atoms. The molecular weight excluding hydrogens is 530 g/mol. The second-order valence-electron chi connectivity index (χ2n) is 10.5. The highest BCUT2D eigenvalue weighted by molar-refractivity contribution is 5.89. The molecule has 0 bridgehead atoms. The van der Waals surface area contributed by atoms with Gasteiger partial charge in [-0.1, -0.05) is 38.1 Å². The summed E-state index contributed by atoms with van der Waals surface area (Å²) in [6.07, 6.45) is 4.72. The number of nitrogens with one attached hydrogen (secondary N) is 1. The van der Waals surface area contributed by atoms with Gasteiger partial charge in [0.2, 0.25) is 11.8 Å². The number of aromatic nitrogens is 3. The number of hydrogen-bond donors (Lipinski definition) is 1. The molecule has 1 aromatic carbocycles. The number of amides is 2. The number of carbonyl (C=O) groups is 2. The molecule has 0 radical (unpaired) electrons. The van der Waals surface area contributed by atoms with Gasteiger partial charge in [-0.2, -0.15) is 0 Å². The number of rotatable bonds is 10. The van der Waals surface area contributed by atoms with Crippen molar-refractivity contribution in [3.63, 3.8) is 0 Å². The molecule has 218 valence electrons. The highest BCUT2D eigenvalue weighted by Gasteiger charge is 2.42. The van der Waals surface area contributed by atoms with Crippen LogP contribution in [0.15, 0.2) is 55.0 Å². The normalized spacial score (nSPS) is 18.4. The number of benzene rings is 1. The van der Waals surface area contributed by atoms with Crippen molar-refractivity contribution in [2.75, 3.05) is 26.8 Å². The summed E-state index contributed by atoms with van der Waals surface area (Å²) < 4.78 is 33.8. The van der Waals surface area contributed by atoms with E-state index in [4.69, 9.17) is 4.74 Å². The Hall–Kier alpha value is -3.83. The lowest BCUT2D eigenvalue weighted by atomic mass is 9.98. The highest BCUT2D eigenvalue weighted by Crippen LogP contribution is 2.31. The van der Waals surface area contributed by atoms with Crippen molar-refractivity contribution in [1.82, 2.24) is 30.1 Å². The quantitative estimate of drug-likeness (QED) is 0.399. The zero-order chi connectivity index (χ0) is 29.5. The van der Waals surface area contributed by atoms with Gasteiger partial charge in [-0.15, -0.1) is 0 Å². The van der Waals surface area contributed by atoms with Crippen LogP contribution in [0.1, 0.15) is 44.5 Å². The number of pyridine rings is 1. The molecule has 2 aromatic heterocycles.